The first-order valence-electron chi connectivity index (χ1n) is 10.7. The SMILES string of the molecule is CC(C)CC(=O)NC(C(=O)Nc1ccc(S(=O)(=O)Nc2cccc(F)c2)cc1)c1ccccc1. The maximum Gasteiger partial charge on any atom is 0.261 e. The van der Waals surface area contributed by atoms with Crippen LogP contribution in [0.2, 0.25) is 0 Å². The lowest BCUT2D eigenvalue weighted by Crippen LogP contribution is -2.37. The van der Waals surface area contributed by atoms with Crippen molar-refractivity contribution in [3.63, 3.8) is 0 Å². The van der Waals surface area contributed by atoms with Gasteiger partial charge in [0.1, 0.15) is 11.9 Å². The molecule has 9 heteroatoms. The summed E-state index contributed by atoms with van der Waals surface area (Å²) in [7, 11) is -3.95. The van der Waals surface area contributed by atoms with E-state index in [1.165, 1.54) is 42.5 Å². The Balaban J connectivity index is 1.74. The van der Waals surface area contributed by atoms with Gasteiger partial charge in [0.15, 0.2) is 0 Å². The predicted octanol–water partition coefficient (Wildman–Crippen LogP) is 4.47. The van der Waals surface area contributed by atoms with E-state index in [1.807, 2.05) is 19.9 Å². The van der Waals surface area contributed by atoms with Gasteiger partial charge in [-0.15, -0.1) is 0 Å². The van der Waals surface area contributed by atoms with E-state index in [-0.39, 0.29) is 28.8 Å². The van der Waals surface area contributed by atoms with E-state index < -0.39 is 27.8 Å². The molecule has 2 amide bonds. The molecule has 3 rings (SSSR count). The van der Waals surface area contributed by atoms with Crippen molar-refractivity contribution in [3.8, 4) is 0 Å². The number of sulfonamides is 1. The summed E-state index contributed by atoms with van der Waals surface area (Å²) in [6, 6.07) is 18.6. The van der Waals surface area contributed by atoms with Crippen LogP contribution in [0.4, 0.5) is 15.8 Å². The standard InChI is InChI=1S/C25H26FN3O4S/c1-17(2)15-23(30)28-24(18-7-4-3-5-8-18)25(31)27-20-11-13-22(14-12-20)34(32,33)29-21-10-6-9-19(26)16-21/h3-14,16-17,24,29H,15H2,1-2H3,(H,27,31)(H,28,30). The molecule has 0 fully saturated rings. The molecule has 0 aliphatic heterocycles. The fraction of sp³-hybridized carbons (Fsp3) is 0.200. The molecule has 0 bridgehead atoms. The first-order chi connectivity index (χ1) is 16.1. The second-order valence-electron chi connectivity index (χ2n) is 8.14. The van der Waals surface area contributed by atoms with Gasteiger partial charge in [-0.25, -0.2) is 12.8 Å². The smallest absolute Gasteiger partial charge is 0.261 e. The van der Waals surface area contributed by atoms with Gasteiger partial charge in [0.05, 0.1) is 10.6 Å². The molecular weight excluding hydrogens is 457 g/mol. The van der Waals surface area contributed by atoms with Gasteiger partial charge in [0.25, 0.3) is 15.9 Å². The summed E-state index contributed by atoms with van der Waals surface area (Å²) in [4.78, 5) is 25.3. The summed E-state index contributed by atoms with van der Waals surface area (Å²) in [5.74, 6) is -1.14. The molecular formula is C25H26FN3O4S. The third-order valence-electron chi connectivity index (χ3n) is 4.80. The molecule has 0 radical (unpaired) electrons. The first-order valence-corrected chi connectivity index (χ1v) is 12.2. The quantitative estimate of drug-likeness (QED) is 0.418. The molecule has 178 valence electrons. The number of anilines is 2. The zero-order valence-corrected chi connectivity index (χ0v) is 19.6. The number of nitrogens with one attached hydrogen (secondary N) is 3. The van der Waals surface area contributed by atoms with E-state index in [2.05, 4.69) is 15.4 Å². The fourth-order valence-corrected chi connectivity index (χ4v) is 4.28. The highest BCUT2D eigenvalue weighted by Gasteiger charge is 2.23. The van der Waals surface area contributed by atoms with Crippen molar-refractivity contribution in [2.24, 2.45) is 5.92 Å². The minimum absolute atomic E-state index is 0.0559. The largest absolute Gasteiger partial charge is 0.341 e. The number of halogens is 1. The van der Waals surface area contributed by atoms with Crippen molar-refractivity contribution in [2.75, 3.05) is 10.0 Å². The monoisotopic (exact) mass is 483 g/mol. The van der Waals surface area contributed by atoms with E-state index >= 15 is 0 Å². The molecule has 0 aliphatic rings. The number of carbonyl (C=O) groups is 2. The maximum atomic E-state index is 13.3. The van der Waals surface area contributed by atoms with Gasteiger partial charge in [0.2, 0.25) is 5.91 Å². The summed E-state index contributed by atoms with van der Waals surface area (Å²) >= 11 is 0. The molecule has 0 spiro atoms. The zero-order chi connectivity index (χ0) is 24.7. The number of hydrogen-bond donors (Lipinski definition) is 3. The topological polar surface area (TPSA) is 104 Å². The molecule has 3 aromatic carbocycles. The molecule has 34 heavy (non-hydrogen) atoms. The second kappa shape index (κ2) is 10.9. The Hall–Kier alpha value is -3.72. The number of benzene rings is 3. The Kier molecular flexibility index (Phi) is 8.01. The van der Waals surface area contributed by atoms with Gasteiger partial charge < -0.3 is 10.6 Å². The molecule has 1 unspecified atom stereocenters. The Bertz CT molecular complexity index is 1250. The molecule has 0 aliphatic carbocycles. The first kappa shape index (κ1) is 24.9. The van der Waals surface area contributed by atoms with Gasteiger partial charge in [-0.2, -0.15) is 0 Å². The average Bonchev–Trinajstić information content (AvgIpc) is 2.77. The average molecular weight is 484 g/mol. The van der Waals surface area contributed by atoms with Crippen LogP contribution < -0.4 is 15.4 Å². The van der Waals surface area contributed by atoms with Crippen LogP contribution in [0.25, 0.3) is 0 Å². The highest BCUT2D eigenvalue weighted by atomic mass is 32.2. The van der Waals surface area contributed by atoms with Gasteiger partial charge in [-0.1, -0.05) is 50.2 Å². The third-order valence-corrected chi connectivity index (χ3v) is 6.20. The molecule has 1 atom stereocenters. The van der Waals surface area contributed by atoms with E-state index in [1.54, 1.807) is 24.3 Å². The lowest BCUT2D eigenvalue weighted by molar-refractivity contribution is -0.127. The Labute approximate surface area is 198 Å². The van der Waals surface area contributed by atoms with E-state index in [9.17, 15) is 22.4 Å². The number of rotatable bonds is 9. The minimum Gasteiger partial charge on any atom is -0.341 e. The van der Waals surface area contributed by atoms with Crippen molar-refractivity contribution in [1.29, 1.82) is 0 Å². The Morgan fingerprint density at radius 3 is 2.18 bits per heavy atom. The minimum atomic E-state index is -3.95. The number of hydrogen-bond acceptors (Lipinski definition) is 4. The Morgan fingerprint density at radius 2 is 1.56 bits per heavy atom. The predicted molar refractivity (Wildman–Crippen MR) is 129 cm³/mol. The van der Waals surface area contributed by atoms with Gasteiger partial charge in [-0.05, 0) is 53.9 Å². The molecule has 0 saturated carbocycles. The van der Waals surface area contributed by atoms with Crippen molar-refractivity contribution in [1.82, 2.24) is 5.32 Å². The van der Waals surface area contributed by atoms with Crippen molar-refractivity contribution < 1.29 is 22.4 Å². The van der Waals surface area contributed by atoms with Crippen LogP contribution in [0.5, 0.6) is 0 Å². The molecule has 3 aromatic rings. The lowest BCUT2D eigenvalue weighted by atomic mass is 10.0. The molecule has 0 aromatic heterocycles. The summed E-state index contributed by atoms with van der Waals surface area (Å²) in [6.07, 6.45) is 0.279. The van der Waals surface area contributed by atoms with Gasteiger partial charge >= 0.3 is 0 Å². The van der Waals surface area contributed by atoms with Crippen molar-refractivity contribution in [3.05, 3.63) is 90.2 Å². The lowest BCUT2D eigenvalue weighted by Gasteiger charge is -2.19. The third kappa shape index (κ3) is 6.89. The van der Waals surface area contributed by atoms with Gasteiger partial charge in [-0.3, -0.25) is 14.3 Å². The Morgan fingerprint density at radius 1 is 0.882 bits per heavy atom. The molecule has 0 heterocycles. The van der Waals surface area contributed by atoms with E-state index in [4.69, 9.17) is 0 Å². The molecule has 0 saturated heterocycles. The van der Waals surface area contributed by atoms with Gasteiger partial charge in [0, 0.05) is 12.1 Å². The van der Waals surface area contributed by atoms with Crippen LogP contribution in [0.15, 0.2) is 83.8 Å². The maximum absolute atomic E-state index is 13.3. The van der Waals surface area contributed by atoms with Crippen LogP contribution in [-0.4, -0.2) is 20.2 Å². The van der Waals surface area contributed by atoms with Crippen molar-refractivity contribution in [2.45, 2.75) is 31.2 Å². The van der Waals surface area contributed by atoms with E-state index in [0.717, 1.165) is 6.07 Å². The summed E-state index contributed by atoms with van der Waals surface area (Å²) in [5, 5.41) is 5.48. The van der Waals surface area contributed by atoms with Crippen LogP contribution in [-0.2, 0) is 19.6 Å². The van der Waals surface area contributed by atoms with Crippen LogP contribution in [0.1, 0.15) is 31.9 Å². The fourth-order valence-electron chi connectivity index (χ4n) is 3.23. The summed E-state index contributed by atoms with van der Waals surface area (Å²) < 4.78 is 40.8. The number of carbonyl (C=O) groups excluding carboxylic acids is 2. The van der Waals surface area contributed by atoms with Crippen LogP contribution in [0, 0.1) is 11.7 Å². The second-order valence-corrected chi connectivity index (χ2v) is 9.82. The van der Waals surface area contributed by atoms with Crippen molar-refractivity contribution >= 4 is 33.2 Å². The van der Waals surface area contributed by atoms with Crippen LogP contribution in [0.3, 0.4) is 0 Å². The highest BCUT2D eigenvalue weighted by Crippen LogP contribution is 2.21. The van der Waals surface area contributed by atoms with E-state index in [0.29, 0.717) is 11.3 Å². The number of amides is 2. The van der Waals surface area contributed by atoms with Crippen LogP contribution >= 0.6 is 0 Å². The highest BCUT2D eigenvalue weighted by molar-refractivity contribution is 7.92. The normalized spacial score (nSPS) is 12.1. The molecule has 7 nitrogen and oxygen atoms in total. The zero-order valence-electron chi connectivity index (χ0n) is 18.8. The summed E-state index contributed by atoms with van der Waals surface area (Å²) in [6.45, 7) is 3.83. The summed E-state index contributed by atoms with van der Waals surface area (Å²) in [5.41, 5.74) is 1.07. The molecule has 3 N–H and O–H groups in total.